The highest BCUT2D eigenvalue weighted by Gasteiger charge is 2.29. The van der Waals surface area contributed by atoms with Gasteiger partial charge in [-0.1, -0.05) is 6.92 Å². The molecular weight excluding hydrogens is 214 g/mol. The average Bonchev–Trinajstić information content (AvgIpc) is 2.93. The van der Waals surface area contributed by atoms with Crippen molar-refractivity contribution in [2.24, 2.45) is 5.73 Å². The summed E-state index contributed by atoms with van der Waals surface area (Å²) in [5.41, 5.74) is 6.04. The zero-order chi connectivity index (χ0) is 11.8. The highest BCUT2D eigenvalue weighted by Crippen LogP contribution is 2.27. The monoisotopic (exact) mass is 235 g/mol. The topological polar surface area (TPSA) is 60.0 Å². The van der Waals surface area contributed by atoms with E-state index in [1.807, 2.05) is 0 Å². The molecule has 1 aromatic heterocycles. The van der Waals surface area contributed by atoms with Crippen LogP contribution in [0.1, 0.15) is 37.3 Å². The maximum Gasteiger partial charge on any atom is 0.137 e. The Morgan fingerprint density at radius 2 is 2.18 bits per heavy atom. The Hall–Kier alpha value is -0.940. The number of nitrogens with zero attached hydrogens (tertiary/aromatic N) is 4. The third kappa shape index (κ3) is 1.98. The van der Waals surface area contributed by atoms with Crippen molar-refractivity contribution >= 4 is 0 Å². The second kappa shape index (κ2) is 4.38. The van der Waals surface area contributed by atoms with E-state index in [2.05, 4.69) is 26.6 Å². The molecule has 0 aliphatic carbocycles. The fraction of sp³-hybridized carbons (Fsp3) is 0.833. The van der Waals surface area contributed by atoms with Gasteiger partial charge in [-0.25, -0.2) is 0 Å². The number of nitrogens with two attached hydrogens (primary N) is 1. The number of rotatable bonds is 2. The van der Waals surface area contributed by atoms with Crippen LogP contribution >= 0.6 is 0 Å². The van der Waals surface area contributed by atoms with Crippen LogP contribution in [0.15, 0.2) is 0 Å². The van der Waals surface area contributed by atoms with Gasteiger partial charge in [0, 0.05) is 31.5 Å². The lowest BCUT2D eigenvalue weighted by Crippen LogP contribution is -2.33. The van der Waals surface area contributed by atoms with Gasteiger partial charge < -0.3 is 15.2 Å². The Kier molecular flexibility index (Phi) is 2.88. The van der Waals surface area contributed by atoms with E-state index in [-0.39, 0.29) is 6.04 Å². The van der Waals surface area contributed by atoms with Gasteiger partial charge in [-0.3, -0.25) is 0 Å². The molecule has 17 heavy (non-hydrogen) atoms. The van der Waals surface area contributed by atoms with E-state index in [1.54, 1.807) is 0 Å². The molecule has 0 aromatic carbocycles. The first-order chi connectivity index (χ1) is 8.28. The van der Waals surface area contributed by atoms with E-state index in [1.165, 1.54) is 18.8 Å². The van der Waals surface area contributed by atoms with E-state index >= 15 is 0 Å². The second-order valence-corrected chi connectivity index (χ2v) is 5.26. The maximum atomic E-state index is 6.04. The van der Waals surface area contributed by atoms with Gasteiger partial charge in [-0.2, -0.15) is 0 Å². The molecule has 0 bridgehead atoms. The van der Waals surface area contributed by atoms with Gasteiger partial charge in [0.15, 0.2) is 0 Å². The number of aryl methyl sites for hydroxylation is 1. The third-order valence-electron chi connectivity index (χ3n) is 4.10. The minimum absolute atomic E-state index is 0.279. The summed E-state index contributed by atoms with van der Waals surface area (Å²) in [5, 5.41) is 8.74. The first-order valence-electron chi connectivity index (χ1n) is 6.68. The summed E-state index contributed by atoms with van der Waals surface area (Å²) < 4.78 is 2.28. The number of likely N-dealkylation sites (N-methyl/N-ethyl adjacent to an activating group) is 1. The van der Waals surface area contributed by atoms with Crippen molar-refractivity contribution in [3.63, 3.8) is 0 Å². The zero-order valence-corrected chi connectivity index (χ0v) is 10.5. The predicted molar refractivity (Wildman–Crippen MR) is 65.8 cm³/mol. The van der Waals surface area contributed by atoms with Crippen LogP contribution in [0.4, 0.5) is 0 Å². The molecule has 94 valence electrons. The molecule has 0 spiro atoms. The van der Waals surface area contributed by atoms with E-state index < -0.39 is 0 Å². The average molecular weight is 235 g/mol. The van der Waals surface area contributed by atoms with Crippen molar-refractivity contribution in [1.82, 2.24) is 19.7 Å². The van der Waals surface area contributed by atoms with Crippen LogP contribution in [-0.4, -0.2) is 45.3 Å². The van der Waals surface area contributed by atoms with Crippen LogP contribution in [0.25, 0.3) is 0 Å². The van der Waals surface area contributed by atoms with Crippen molar-refractivity contribution in [1.29, 1.82) is 0 Å². The fourth-order valence-corrected chi connectivity index (χ4v) is 3.01. The molecule has 1 saturated heterocycles. The van der Waals surface area contributed by atoms with Crippen LogP contribution in [0.5, 0.6) is 0 Å². The van der Waals surface area contributed by atoms with Gasteiger partial charge >= 0.3 is 0 Å². The van der Waals surface area contributed by atoms with Crippen molar-refractivity contribution in [2.45, 2.75) is 44.7 Å². The molecule has 5 heteroatoms. The number of aromatic nitrogens is 3. The normalized spacial score (nSPS) is 29.5. The van der Waals surface area contributed by atoms with Crippen LogP contribution in [-0.2, 0) is 13.0 Å². The highest BCUT2D eigenvalue weighted by molar-refractivity contribution is 5.08. The molecule has 2 atom stereocenters. The Bertz CT molecular complexity index is 400. The van der Waals surface area contributed by atoms with Gasteiger partial charge in [0.05, 0.1) is 0 Å². The molecule has 5 nitrogen and oxygen atoms in total. The summed E-state index contributed by atoms with van der Waals surface area (Å²) in [6.07, 6.45) is 3.24. The number of fused-ring (bicyclic) bond motifs is 1. The Morgan fingerprint density at radius 1 is 1.29 bits per heavy atom. The van der Waals surface area contributed by atoms with Crippen LogP contribution in [0, 0.1) is 0 Å². The van der Waals surface area contributed by atoms with Crippen molar-refractivity contribution in [3.05, 3.63) is 11.6 Å². The summed E-state index contributed by atoms with van der Waals surface area (Å²) in [5.74, 6) is 2.87. The third-order valence-corrected chi connectivity index (χ3v) is 4.10. The lowest BCUT2D eigenvalue weighted by atomic mass is 10.1. The minimum atomic E-state index is 0.279. The van der Waals surface area contributed by atoms with Gasteiger partial charge in [-0.15, -0.1) is 10.2 Å². The Morgan fingerprint density at radius 3 is 2.94 bits per heavy atom. The first kappa shape index (κ1) is 11.2. The zero-order valence-electron chi connectivity index (χ0n) is 10.5. The summed E-state index contributed by atoms with van der Waals surface area (Å²) in [6, 6.07) is 0.279. The molecular formula is C12H21N5. The summed E-state index contributed by atoms with van der Waals surface area (Å²) in [6.45, 7) is 6.58. The van der Waals surface area contributed by atoms with Crippen molar-refractivity contribution in [2.75, 3.05) is 19.6 Å². The number of likely N-dealkylation sites (tertiary alicyclic amines) is 1. The van der Waals surface area contributed by atoms with Gasteiger partial charge in [0.1, 0.15) is 11.6 Å². The molecule has 0 saturated carbocycles. The number of hydrogen-bond acceptors (Lipinski definition) is 4. The number of hydrogen-bond donors (Lipinski definition) is 1. The Balaban J connectivity index is 1.82. The summed E-state index contributed by atoms with van der Waals surface area (Å²) >= 11 is 0. The van der Waals surface area contributed by atoms with Crippen molar-refractivity contribution in [3.8, 4) is 0 Å². The Labute approximate surface area is 102 Å². The van der Waals surface area contributed by atoms with Gasteiger partial charge in [0.2, 0.25) is 0 Å². The first-order valence-corrected chi connectivity index (χ1v) is 6.68. The molecule has 2 aliphatic rings. The van der Waals surface area contributed by atoms with E-state index in [4.69, 9.17) is 5.73 Å². The van der Waals surface area contributed by atoms with Crippen LogP contribution in [0.3, 0.4) is 0 Å². The standard InChI is InChI=1S/C12H21N5/c1-2-16-6-5-9(7-16)12-15-14-11-4-3-10(13)8-17(11)12/h9-10H,2-8,13H2,1H3. The van der Waals surface area contributed by atoms with Crippen LogP contribution < -0.4 is 5.73 Å². The van der Waals surface area contributed by atoms with E-state index in [0.29, 0.717) is 5.92 Å². The SMILES string of the molecule is CCN1CCC(c2nnc3n2CC(N)CC3)C1. The summed E-state index contributed by atoms with van der Waals surface area (Å²) in [4.78, 5) is 2.48. The van der Waals surface area contributed by atoms with Gasteiger partial charge in [0.25, 0.3) is 0 Å². The minimum Gasteiger partial charge on any atom is -0.326 e. The molecule has 1 fully saturated rings. The second-order valence-electron chi connectivity index (χ2n) is 5.26. The molecule has 3 heterocycles. The fourth-order valence-electron chi connectivity index (χ4n) is 3.01. The maximum absolute atomic E-state index is 6.04. The molecule has 0 amide bonds. The highest BCUT2D eigenvalue weighted by atomic mass is 15.3. The largest absolute Gasteiger partial charge is 0.326 e. The van der Waals surface area contributed by atoms with E-state index in [0.717, 1.165) is 38.3 Å². The molecule has 0 radical (unpaired) electrons. The van der Waals surface area contributed by atoms with Gasteiger partial charge in [-0.05, 0) is 25.9 Å². The van der Waals surface area contributed by atoms with E-state index in [9.17, 15) is 0 Å². The molecule has 1 aromatic rings. The lowest BCUT2D eigenvalue weighted by Gasteiger charge is -2.22. The molecule has 2 unspecified atom stereocenters. The quantitative estimate of drug-likeness (QED) is 0.804. The smallest absolute Gasteiger partial charge is 0.137 e. The lowest BCUT2D eigenvalue weighted by molar-refractivity contribution is 0.349. The molecule has 3 rings (SSSR count). The van der Waals surface area contributed by atoms with Crippen molar-refractivity contribution < 1.29 is 0 Å². The predicted octanol–water partition coefficient (Wildman–Crippen LogP) is 0.361. The van der Waals surface area contributed by atoms with Crippen LogP contribution in [0.2, 0.25) is 0 Å². The molecule has 2 N–H and O–H groups in total. The molecule has 2 aliphatic heterocycles. The summed E-state index contributed by atoms with van der Waals surface area (Å²) in [7, 11) is 0.